The van der Waals surface area contributed by atoms with Crippen LogP contribution in [0.5, 0.6) is 11.5 Å². The maximum atomic E-state index is 13.0. The maximum Gasteiger partial charge on any atom is 0.214 e. The molecule has 1 N–H and O–H groups in total. The molecular formula is C14H14BrFN2O2. The molecule has 1 heterocycles. The molecule has 0 saturated carbocycles. The average molecular weight is 341 g/mol. The molecule has 1 aromatic carbocycles. The second kappa shape index (κ2) is 6.56. The Hall–Kier alpha value is -1.82. The molecule has 6 heteroatoms. The van der Waals surface area contributed by atoms with Gasteiger partial charge in [-0.2, -0.15) is 4.39 Å². The number of methoxy groups -OCH3 is 2. The molecule has 4 nitrogen and oxygen atoms in total. The van der Waals surface area contributed by atoms with Crippen molar-refractivity contribution in [3.63, 3.8) is 0 Å². The van der Waals surface area contributed by atoms with Crippen LogP contribution in [-0.4, -0.2) is 19.2 Å². The monoisotopic (exact) mass is 340 g/mol. The molecule has 0 fully saturated rings. The van der Waals surface area contributed by atoms with Crippen LogP contribution in [0.25, 0.3) is 0 Å². The Morgan fingerprint density at radius 2 is 2.05 bits per heavy atom. The standard InChI is InChI=1S/C14H14BrFN2O2/c1-19-11-7-9(6-10(15)14(11)20-2)8-17-13-5-3-4-12(16)18-13/h3-7H,8H2,1-2H3,(H,17,18). The van der Waals surface area contributed by atoms with Gasteiger partial charge in [0.25, 0.3) is 0 Å². The van der Waals surface area contributed by atoms with Gasteiger partial charge in [0.2, 0.25) is 5.95 Å². The number of anilines is 1. The van der Waals surface area contributed by atoms with Crippen LogP contribution in [0, 0.1) is 5.95 Å². The predicted molar refractivity (Wildman–Crippen MR) is 78.8 cm³/mol. The van der Waals surface area contributed by atoms with E-state index in [-0.39, 0.29) is 0 Å². The lowest BCUT2D eigenvalue weighted by atomic mass is 10.2. The van der Waals surface area contributed by atoms with Gasteiger partial charge in [-0.1, -0.05) is 6.07 Å². The number of hydrogen-bond donors (Lipinski definition) is 1. The maximum absolute atomic E-state index is 13.0. The predicted octanol–water partition coefficient (Wildman–Crippen LogP) is 3.61. The van der Waals surface area contributed by atoms with Crippen molar-refractivity contribution in [2.75, 3.05) is 19.5 Å². The normalized spacial score (nSPS) is 10.2. The van der Waals surface area contributed by atoms with Gasteiger partial charge >= 0.3 is 0 Å². The summed E-state index contributed by atoms with van der Waals surface area (Å²) in [6.07, 6.45) is 0. The van der Waals surface area contributed by atoms with Crippen LogP contribution in [0.4, 0.5) is 10.2 Å². The number of halogens is 2. The van der Waals surface area contributed by atoms with Crippen LogP contribution in [0.3, 0.4) is 0 Å². The van der Waals surface area contributed by atoms with Gasteiger partial charge in [-0.15, -0.1) is 0 Å². The first-order valence-corrected chi connectivity index (χ1v) is 6.70. The zero-order valence-corrected chi connectivity index (χ0v) is 12.7. The van der Waals surface area contributed by atoms with Crippen molar-refractivity contribution in [2.24, 2.45) is 0 Å². The van der Waals surface area contributed by atoms with E-state index in [0.717, 1.165) is 10.0 Å². The molecule has 0 spiro atoms. The Bertz CT molecular complexity index is 608. The van der Waals surface area contributed by atoms with Crippen molar-refractivity contribution >= 4 is 21.7 Å². The van der Waals surface area contributed by atoms with Crippen LogP contribution in [0.15, 0.2) is 34.8 Å². The molecule has 0 saturated heterocycles. The molecule has 0 aliphatic carbocycles. The molecule has 0 bridgehead atoms. The van der Waals surface area contributed by atoms with E-state index < -0.39 is 5.95 Å². The summed E-state index contributed by atoms with van der Waals surface area (Å²) >= 11 is 3.43. The number of rotatable bonds is 5. The fourth-order valence-corrected chi connectivity index (χ4v) is 2.42. The van der Waals surface area contributed by atoms with E-state index in [4.69, 9.17) is 9.47 Å². The lowest BCUT2D eigenvalue weighted by Crippen LogP contribution is -2.03. The highest BCUT2D eigenvalue weighted by molar-refractivity contribution is 9.10. The van der Waals surface area contributed by atoms with Crippen LogP contribution >= 0.6 is 15.9 Å². The van der Waals surface area contributed by atoms with E-state index in [1.807, 2.05) is 12.1 Å². The molecule has 1 aromatic heterocycles. The van der Waals surface area contributed by atoms with Crippen LogP contribution in [0.2, 0.25) is 0 Å². The third kappa shape index (κ3) is 3.39. The Morgan fingerprint density at radius 1 is 1.25 bits per heavy atom. The molecule has 0 aliphatic heterocycles. The van der Waals surface area contributed by atoms with Gasteiger partial charge in [0, 0.05) is 6.54 Å². The Morgan fingerprint density at radius 3 is 2.70 bits per heavy atom. The highest BCUT2D eigenvalue weighted by Crippen LogP contribution is 2.36. The minimum Gasteiger partial charge on any atom is -0.493 e. The van der Waals surface area contributed by atoms with Gasteiger partial charge in [0.15, 0.2) is 11.5 Å². The van der Waals surface area contributed by atoms with Crippen LogP contribution in [0.1, 0.15) is 5.56 Å². The summed E-state index contributed by atoms with van der Waals surface area (Å²) in [4.78, 5) is 3.74. The Kier molecular flexibility index (Phi) is 4.79. The third-order valence-electron chi connectivity index (χ3n) is 2.68. The van der Waals surface area contributed by atoms with Gasteiger partial charge in [-0.3, -0.25) is 0 Å². The van der Waals surface area contributed by atoms with E-state index in [0.29, 0.717) is 23.9 Å². The van der Waals surface area contributed by atoms with Crippen molar-refractivity contribution in [3.8, 4) is 11.5 Å². The SMILES string of the molecule is COc1cc(CNc2cccc(F)n2)cc(Br)c1OC. The smallest absolute Gasteiger partial charge is 0.214 e. The van der Waals surface area contributed by atoms with E-state index in [1.54, 1.807) is 26.4 Å². The van der Waals surface area contributed by atoms with Gasteiger partial charge in [-0.25, -0.2) is 4.98 Å². The molecule has 2 aromatic rings. The number of ether oxygens (including phenoxy) is 2. The first-order chi connectivity index (χ1) is 9.63. The molecule has 20 heavy (non-hydrogen) atoms. The summed E-state index contributed by atoms with van der Waals surface area (Å²) in [5.41, 5.74) is 0.959. The minimum absolute atomic E-state index is 0.482. The lowest BCUT2D eigenvalue weighted by molar-refractivity contribution is 0.352. The minimum atomic E-state index is -0.511. The third-order valence-corrected chi connectivity index (χ3v) is 3.27. The van der Waals surface area contributed by atoms with E-state index in [1.165, 1.54) is 6.07 Å². The Balaban J connectivity index is 2.16. The van der Waals surface area contributed by atoms with Crippen molar-refractivity contribution in [2.45, 2.75) is 6.54 Å². The second-order valence-electron chi connectivity index (χ2n) is 4.01. The van der Waals surface area contributed by atoms with Crippen molar-refractivity contribution < 1.29 is 13.9 Å². The van der Waals surface area contributed by atoms with Crippen LogP contribution in [-0.2, 0) is 6.54 Å². The second-order valence-corrected chi connectivity index (χ2v) is 4.87. The highest BCUT2D eigenvalue weighted by atomic mass is 79.9. The van der Waals surface area contributed by atoms with E-state index >= 15 is 0 Å². The van der Waals surface area contributed by atoms with Crippen molar-refractivity contribution in [3.05, 3.63) is 46.3 Å². The Labute approximate surface area is 125 Å². The summed E-state index contributed by atoms with van der Waals surface area (Å²) in [6.45, 7) is 0.495. The fraction of sp³-hybridized carbons (Fsp3) is 0.214. The molecule has 0 aliphatic rings. The molecule has 0 radical (unpaired) electrons. The number of nitrogens with one attached hydrogen (secondary N) is 1. The zero-order chi connectivity index (χ0) is 14.5. The summed E-state index contributed by atoms with van der Waals surface area (Å²) in [5.74, 6) is 1.24. The zero-order valence-electron chi connectivity index (χ0n) is 11.1. The number of benzene rings is 1. The lowest BCUT2D eigenvalue weighted by Gasteiger charge is -2.12. The van der Waals surface area contributed by atoms with E-state index in [2.05, 4.69) is 26.2 Å². The van der Waals surface area contributed by atoms with Gasteiger partial charge in [-0.05, 0) is 45.8 Å². The number of pyridine rings is 1. The van der Waals surface area contributed by atoms with Crippen molar-refractivity contribution in [1.29, 1.82) is 0 Å². The summed E-state index contributed by atoms with van der Waals surface area (Å²) in [7, 11) is 3.16. The first kappa shape index (κ1) is 14.6. The van der Waals surface area contributed by atoms with E-state index in [9.17, 15) is 4.39 Å². The summed E-state index contributed by atoms with van der Waals surface area (Å²) < 4.78 is 24.3. The average Bonchev–Trinajstić information content (AvgIpc) is 2.44. The molecule has 0 unspecified atom stereocenters. The highest BCUT2D eigenvalue weighted by Gasteiger charge is 2.10. The quantitative estimate of drug-likeness (QED) is 0.844. The molecule has 0 amide bonds. The number of aromatic nitrogens is 1. The van der Waals surface area contributed by atoms with Crippen molar-refractivity contribution in [1.82, 2.24) is 4.98 Å². The molecule has 0 atom stereocenters. The van der Waals surface area contributed by atoms with Gasteiger partial charge in [0.1, 0.15) is 5.82 Å². The number of hydrogen-bond acceptors (Lipinski definition) is 4. The molecule has 2 rings (SSSR count). The molecule has 106 valence electrons. The first-order valence-electron chi connectivity index (χ1n) is 5.91. The number of nitrogens with zero attached hydrogens (tertiary/aromatic N) is 1. The molecular weight excluding hydrogens is 327 g/mol. The fourth-order valence-electron chi connectivity index (χ4n) is 1.77. The van der Waals surface area contributed by atoms with Gasteiger partial charge in [0.05, 0.1) is 18.7 Å². The summed E-state index contributed by atoms with van der Waals surface area (Å²) in [5, 5.41) is 3.05. The van der Waals surface area contributed by atoms with Crippen LogP contribution < -0.4 is 14.8 Å². The topological polar surface area (TPSA) is 43.4 Å². The largest absolute Gasteiger partial charge is 0.493 e. The summed E-state index contributed by atoms with van der Waals surface area (Å²) in [6, 6.07) is 8.38. The van der Waals surface area contributed by atoms with Gasteiger partial charge < -0.3 is 14.8 Å².